The van der Waals surface area contributed by atoms with E-state index in [-0.39, 0.29) is 10.6 Å². The molecule has 1 amide bonds. The fraction of sp³-hybridized carbons (Fsp3) is 0.0909. The van der Waals surface area contributed by atoms with Gasteiger partial charge in [0.25, 0.3) is 5.91 Å². The fourth-order valence-electron chi connectivity index (χ4n) is 2.63. The number of ether oxygens (including phenoxy) is 1. The van der Waals surface area contributed by atoms with Crippen LogP contribution in [0.3, 0.4) is 0 Å². The Balaban J connectivity index is 1.72. The molecule has 0 bridgehead atoms. The quantitative estimate of drug-likeness (QED) is 0.592. The predicted molar refractivity (Wildman–Crippen MR) is 107 cm³/mol. The number of para-hydroxylation sites is 1. The normalized spacial score (nSPS) is 11.5. The lowest BCUT2D eigenvalue weighted by molar-refractivity contribution is -0.123. The van der Waals surface area contributed by atoms with Crippen LogP contribution < -0.4 is 5.32 Å². The van der Waals surface area contributed by atoms with Crippen LogP contribution in [0.2, 0.25) is 5.02 Å². The maximum absolute atomic E-state index is 13.1. The van der Waals surface area contributed by atoms with Crippen molar-refractivity contribution in [3.05, 3.63) is 89.2 Å². The molecule has 3 aromatic rings. The first-order valence-corrected chi connectivity index (χ1v) is 8.95. The molecule has 1 atom stereocenters. The van der Waals surface area contributed by atoms with Gasteiger partial charge in [0.15, 0.2) is 6.10 Å². The Hall–Kier alpha value is -3.18. The van der Waals surface area contributed by atoms with Crippen LogP contribution in [-0.4, -0.2) is 18.0 Å². The van der Waals surface area contributed by atoms with Gasteiger partial charge in [0.05, 0.1) is 10.6 Å². The third-order valence-corrected chi connectivity index (χ3v) is 4.39. The van der Waals surface area contributed by atoms with Crippen molar-refractivity contribution in [2.45, 2.75) is 13.0 Å². The van der Waals surface area contributed by atoms with E-state index in [0.717, 1.165) is 23.3 Å². The Labute approximate surface area is 166 Å². The SMILES string of the molecule is CC(OC(=O)c1ccc(F)cc1Cl)C(=O)Nc1ccccc1-c1ccccc1. The summed E-state index contributed by atoms with van der Waals surface area (Å²) in [4.78, 5) is 24.7. The molecule has 0 radical (unpaired) electrons. The second-order valence-corrected chi connectivity index (χ2v) is 6.48. The van der Waals surface area contributed by atoms with Gasteiger partial charge in [0.1, 0.15) is 5.82 Å². The molecule has 0 aliphatic heterocycles. The van der Waals surface area contributed by atoms with E-state index < -0.39 is 23.8 Å². The third kappa shape index (κ3) is 4.56. The molecule has 0 aromatic heterocycles. The van der Waals surface area contributed by atoms with Crippen LogP contribution in [-0.2, 0) is 9.53 Å². The Kier molecular flexibility index (Phi) is 6.06. The number of rotatable bonds is 5. The van der Waals surface area contributed by atoms with Crippen LogP contribution in [0.15, 0.2) is 72.8 Å². The second kappa shape index (κ2) is 8.67. The van der Waals surface area contributed by atoms with E-state index in [0.29, 0.717) is 5.69 Å². The van der Waals surface area contributed by atoms with Gasteiger partial charge in [-0.05, 0) is 36.8 Å². The van der Waals surface area contributed by atoms with Gasteiger partial charge in [-0.3, -0.25) is 4.79 Å². The number of esters is 1. The molecule has 1 N–H and O–H groups in total. The highest BCUT2D eigenvalue weighted by Crippen LogP contribution is 2.27. The second-order valence-electron chi connectivity index (χ2n) is 6.07. The zero-order chi connectivity index (χ0) is 20.1. The van der Waals surface area contributed by atoms with E-state index in [9.17, 15) is 14.0 Å². The van der Waals surface area contributed by atoms with Gasteiger partial charge >= 0.3 is 5.97 Å². The van der Waals surface area contributed by atoms with Crippen LogP contribution in [0, 0.1) is 5.82 Å². The summed E-state index contributed by atoms with van der Waals surface area (Å²) in [7, 11) is 0. The van der Waals surface area contributed by atoms with Crippen LogP contribution in [0.25, 0.3) is 11.1 Å². The molecule has 3 aromatic carbocycles. The minimum atomic E-state index is -1.07. The molecule has 0 aliphatic rings. The van der Waals surface area contributed by atoms with Gasteiger partial charge in [0.2, 0.25) is 0 Å². The third-order valence-electron chi connectivity index (χ3n) is 4.07. The number of halogens is 2. The van der Waals surface area contributed by atoms with Crippen molar-refractivity contribution < 1.29 is 18.7 Å². The summed E-state index contributed by atoms with van der Waals surface area (Å²) in [5.41, 5.74) is 2.38. The van der Waals surface area contributed by atoms with Gasteiger partial charge in [-0.15, -0.1) is 0 Å². The number of anilines is 1. The van der Waals surface area contributed by atoms with Crippen molar-refractivity contribution in [2.24, 2.45) is 0 Å². The molecule has 3 rings (SSSR count). The number of nitrogens with one attached hydrogen (secondary N) is 1. The predicted octanol–water partition coefficient (Wildman–Crippen LogP) is 5.33. The number of hydrogen-bond acceptors (Lipinski definition) is 3. The van der Waals surface area contributed by atoms with Crippen molar-refractivity contribution in [2.75, 3.05) is 5.32 Å². The van der Waals surface area contributed by atoms with Crippen molar-refractivity contribution in [3.8, 4) is 11.1 Å². The number of amides is 1. The average Bonchev–Trinajstić information content (AvgIpc) is 2.69. The largest absolute Gasteiger partial charge is 0.449 e. The van der Waals surface area contributed by atoms with Crippen molar-refractivity contribution in [1.82, 2.24) is 0 Å². The van der Waals surface area contributed by atoms with Crippen molar-refractivity contribution >= 4 is 29.2 Å². The van der Waals surface area contributed by atoms with E-state index in [2.05, 4.69) is 5.32 Å². The highest BCUT2D eigenvalue weighted by Gasteiger charge is 2.21. The lowest BCUT2D eigenvalue weighted by Crippen LogP contribution is -2.30. The lowest BCUT2D eigenvalue weighted by Gasteiger charge is -2.16. The minimum Gasteiger partial charge on any atom is -0.449 e. The maximum Gasteiger partial charge on any atom is 0.340 e. The molecule has 142 valence electrons. The van der Waals surface area contributed by atoms with Crippen LogP contribution in [0.5, 0.6) is 0 Å². The monoisotopic (exact) mass is 397 g/mol. The zero-order valence-corrected chi connectivity index (χ0v) is 15.7. The van der Waals surface area contributed by atoms with Gasteiger partial charge in [-0.2, -0.15) is 0 Å². The Morgan fingerprint density at radius 3 is 2.39 bits per heavy atom. The van der Waals surface area contributed by atoms with Crippen LogP contribution >= 0.6 is 11.6 Å². The van der Waals surface area contributed by atoms with Gasteiger partial charge < -0.3 is 10.1 Å². The molecule has 0 spiro atoms. The molecule has 0 fully saturated rings. The molecular weight excluding hydrogens is 381 g/mol. The smallest absolute Gasteiger partial charge is 0.340 e. The number of carbonyl (C=O) groups is 2. The summed E-state index contributed by atoms with van der Waals surface area (Å²) in [5.74, 6) is -1.86. The molecule has 4 nitrogen and oxygen atoms in total. The van der Waals surface area contributed by atoms with E-state index in [1.54, 1.807) is 12.1 Å². The topological polar surface area (TPSA) is 55.4 Å². The summed E-state index contributed by atoms with van der Waals surface area (Å²) in [6.07, 6.45) is -1.07. The van der Waals surface area contributed by atoms with Crippen LogP contribution in [0.1, 0.15) is 17.3 Å². The van der Waals surface area contributed by atoms with Gasteiger partial charge in [0, 0.05) is 11.3 Å². The van der Waals surface area contributed by atoms with E-state index >= 15 is 0 Å². The number of benzene rings is 3. The summed E-state index contributed by atoms with van der Waals surface area (Å²) < 4.78 is 18.3. The van der Waals surface area contributed by atoms with Gasteiger partial charge in [-0.25, -0.2) is 9.18 Å². The van der Waals surface area contributed by atoms with E-state index in [1.165, 1.54) is 13.0 Å². The molecule has 6 heteroatoms. The highest BCUT2D eigenvalue weighted by molar-refractivity contribution is 6.33. The van der Waals surface area contributed by atoms with Crippen LogP contribution in [0.4, 0.5) is 10.1 Å². The highest BCUT2D eigenvalue weighted by atomic mass is 35.5. The van der Waals surface area contributed by atoms with Crippen molar-refractivity contribution in [3.63, 3.8) is 0 Å². The number of hydrogen-bond donors (Lipinski definition) is 1. The molecule has 28 heavy (non-hydrogen) atoms. The lowest BCUT2D eigenvalue weighted by atomic mass is 10.0. The zero-order valence-electron chi connectivity index (χ0n) is 15.0. The average molecular weight is 398 g/mol. The first-order chi connectivity index (χ1) is 13.5. The standard InChI is InChI=1S/C22H17ClFNO3/c1-14(28-22(27)18-12-11-16(24)13-19(18)23)21(26)25-20-10-6-5-9-17(20)15-7-3-2-4-8-15/h2-14H,1H3,(H,25,26). The Morgan fingerprint density at radius 1 is 1.00 bits per heavy atom. The maximum atomic E-state index is 13.1. The summed E-state index contributed by atoms with van der Waals surface area (Å²) in [6, 6.07) is 20.3. The van der Waals surface area contributed by atoms with E-state index in [4.69, 9.17) is 16.3 Å². The summed E-state index contributed by atoms with van der Waals surface area (Å²) in [5, 5.41) is 2.70. The summed E-state index contributed by atoms with van der Waals surface area (Å²) in [6.45, 7) is 1.45. The minimum absolute atomic E-state index is 0.00703. The molecular formula is C22H17ClFNO3. The molecule has 0 aliphatic carbocycles. The molecule has 1 unspecified atom stereocenters. The Bertz CT molecular complexity index is 1010. The first-order valence-electron chi connectivity index (χ1n) is 8.57. The molecule has 0 saturated carbocycles. The number of carbonyl (C=O) groups excluding carboxylic acids is 2. The Morgan fingerprint density at radius 2 is 1.68 bits per heavy atom. The molecule has 0 heterocycles. The fourth-order valence-corrected chi connectivity index (χ4v) is 2.87. The summed E-state index contributed by atoms with van der Waals surface area (Å²) >= 11 is 5.86. The first kappa shape index (κ1) is 19.6. The van der Waals surface area contributed by atoms with Gasteiger partial charge in [-0.1, -0.05) is 60.1 Å². The van der Waals surface area contributed by atoms with E-state index in [1.807, 2.05) is 42.5 Å². The molecule has 0 saturated heterocycles. The van der Waals surface area contributed by atoms with Crippen molar-refractivity contribution in [1.29, 1.82) is 0 Å².